The van der Waals surface area contributed by atoms with Crippen LogP contribution in [0.25, 0.3) is 0 Å². The van der Waals surface area contributed by atoms with Crippen LogP contribution in [0.5, 0.6) is 5.75 Å². The fourth-order valence-electron chi connectivity index (χ4n) is 1.68. The van der Waals surface area contributed by atoms with E-state index in [1.165, 1.54) is 19.2 Å². The summed E-state index contributed by atoms with van der Waals surface area (Å²) < 4.78 is 18.9. The SMILES string of the molecule is COc1ccc(F)cc1C(=O)c1ccc(Cl)cc1Br. The molecule has 19 heavy (non-hydrogen) atoms. The third-order valence-corrected chi connectivity index (χ3v) is 3.47. The van der Waals surface area contributed by atoms with Gasteiger partial charge < -0.3 is 4.74 Å². The number of hydrogen-bond acceptors (Lipinski definition) is 2. The van der Waals surface area contributed by atoms with Crippen LogP contribution in [-0.2, 0) is 0 Å². The molecule has 2 rings (SSSR count). The normalized spacial score (nSPS) is 10.3. The Bertz CT molecular complexity index is 643. The Morgan fingerprint density at radius 1 is 1.21 bits per heavy atom. The van der Waals surface area contributed by atoms with Crippen LogP contribution in [0.3, 0.4) is 0 Å². The smallest absolute Gasteiger partial charge is 0.197 e. The van der Waals surface area contributed by atoms with E-state index in [-0.39, 0.29) is 11.3 Å². The Morgan fingerprint density at radius 3 is 2.58 bits per heavy atom. The lowest BCUT2D eigenvalue weighted by molar-refractivity contribution is 0.103. The summed E-state index contributed by atoms with van der Waals surface area (Å²) in [6.07, 6.45) is 0. The van der Waals surface area contributed by atoms with Crippen molar-refractivity contribution in [3.63, 3.8) is 0 Å². The van der Waals surface area contributed by atoms with Gasteiger partial charge in [0.2, 0.25) is 0 Å². The zero-order valence-corrected chi connectivity index (χ0v) is 12.3. The molecule has 0 aliphatic rings. The number of carbonyl (C=O) groups is 1. The van der Waals surface area contributed by atoms with Crippen molar-refractivity contribution in [2.75, 3.05) is 7.11 Å². The first-order valence-electron chi connectivity index (χ1n) is 5.36. The molecule has 0 fully saturated rings. The average Bonchev–Trinajstić information content (AvgIpc) is 2.38. The van der Waals surface area contributed by atoms with E-state index in [2.05, 4.69) is 15.9 Å². The lowest BCUT2D eigenvalue weighted by Crippen LogP contribution is -2.05. The van der Waals surface area contributed by atoms with Gasteiger partial charge in [0.25, 0.3) is 0 Å². The largest absolute Gasteiger partial charge is 0.496 e. The fraction of sp³-hybridized carbons (Fsp3) is 0.0714. The van der Waals surface area contributed by atoms with Crippen LogP contribution in [0.1, 0.15) is 15.9 Å². The molecule has 2 aromatic rings. The van der Waals surface area contributed by atoms with Crippen LogP contribution in [0.4, 0.5) is 4.39 Å². The molecule has 0 saturated carbocycles. The number of ether oxygens (including phenoxy) is 1. The standard InChI is InChI=1S/C14H9BrClFO2/c1-19-13-5-3-9(17)7-11(13)14(18)10-4-2-8(16)6-12(10)15/h2-7H,1H3. The molecule has 0 spiro atoms. The zero-order chi connectivity index (χ0) is 14.0. The molecule has 0 aromatic heterocycles. The van der Waals surface area contributed by atoms with Gasteiger partial charge in [-0.25, -0.2) is 4.39 Å². The number of hydrogen-bond donors (Lipinski definition) is 0. The van der Waals surface area contributed by atoms with E-state index < -0.39 is 5.82 Å². The van der Waals surface area contributed by atoms with Crippen molar-refractivity contribution in [1.29, 1.82) is 0 Å². The highest BCUT2D eigenvalue weighted by Gasteiger charge is 2.18. The molecule has 0 N–H and O–H groups in total. The minimum atomic E-state index is -0.491. The van der Waals surface area contributed by atoms with E-state index in [0.29, 0.717) is 20.8 Å². The summed E-state index contributed by atoms with van der Waals surface area (Å²) in [6.45, 7) is 0. The van der Waals surface area contributed by atoms with Crippen molar-refractivity contribution < 1.29 is 13.9 Å². The van der Waals surface area contributed by atoms with Gasteiger partial charge in [-0.05, 0) is 52.3 Å². The monoisotopic (exact) mass is 342 g/mol. The molecule has 0 unspecified atom stereocenters. The molecule has 0 aliphatic carbocycles. The predicted molar refractivity (Wildman–Crippen MR) is 75.5 cm³/mol. The third-order valence-electron chi connectivity index (χ3n) is 2.58. The van der Waals surface area contributed by atoms with Gasteiger partial charge in [0.05, 0.1) is 12.7 Å². The molecule has 98 valence electrons. The Balaban J connectivity index is 2.52. The summed E-state index contributed by atoms with van der Waals surface area (Å²) in [5.74, 6) is -0.498. The Kier molecular flexibility index (Phi) is 4.22. The molecule has 0 bridgehead atoms. The van der Waals surface area contributed by atoms with Gasteiger partial charge in [-0.2, -0.15) is 0 Å². The molecule has 2 aromatic carbocycles. The number of rotatable bonds is 3. The van der Waals surface area contributed by atoms with Crippen LogP contribution >= 0.6 is 27.5 Å². The summed E-state index contributed by atoms with van der Waals surface area (Å²) >= 11 is 9.10. The minimum absolute atomic E-state index is 0.172. The van der Waals surface area contributed by atoms with E-state index in [9.17, 15) is 9.18 Å². The quantitative estimate of drug-likeness (QED) is 0.768. The van der Waals surface area contributed by atoms with E-state index in [1.54, 1.807) is 18.2 Å². The van der Waals surface area contributed by atoms with Crippen molar-refractivity contribution in [1.82, 2.24) is 0 Å². The van der Waals surface area contributed by atoms with E-state index in [1.807, 2.05) is 0 Å². The predicted octanol–water partition coefficient (Wildman–Crippen LogP) is 4.48. The average molecular weight is 344 g/mol. The lowest BCUT2D eigenvalue weighted by atomic mass is 10.0. The van der Waals surface area contributed by atoms with E-state index in [0.717, 1.165) is 6.07 Å². The van der Waals surface area contributed by atoms with Crippen molar-refractivity contribution in [2.45, 2.75) is 0 Å². The number of halogens is 3. The zero-order valence-electron chi connectivity index (χ0n) is 9.91. The molecule has 0 aliphatic heterocycles. The van der Waals surface area contributed by atoms with Gasteiger partial charge in [-0.3, -0.25) is 4.79 Å². The number of methoxy groups -OCH3 is 1. The minimum Gasteiger partial charge on any atom is -0.496 e. The summed E-state index contributed by atoms with van der Waals surface area (Å²) in [6, 6.07) is 8.62. The molecule has 0 radical (unpaired) electrons. The molecular formula is C14H9BrClFO2. The summed E-state index contributed by atoms with van der Waals surface area (Å²) in [7, 11) is 1.43. The molecule has 0 saturated heterocycles. The van der Waals surface area contributed by atoms with Gasteiger partial charge in [0.15, 0.2) is 5.78 Å². The summed E-state index contributed by atoms with van der Waals surface area (Å²) in [5, 5.41) is 0.509. The second kappa shape index (κ2) is 5.72. The maximum atomic E-state index is 13.3. The van der Waals surface area contributed by atoms with Crippen LogP contribution in [-0.4, -0.2) is 12.9 Å². The number of benzene rings is 2. The van der Waals surface area contributed by atoms with Crippen LogP contribution in [0, 0.1) is 5.82 Å². The van der Waals surface area contributed by atoms with Crippen LogP contribution in [0.2, 0.25) is 5.02 Å². The molecule has 0 atom stereocenters. The summed E-state index contributed by atoms with van der Waals surface area (Å²) in [5.41, 5.74) is 0.568. The summed E-state index contributed by atoms with van der Waals surface area (Å²) in [4.78, 5) is 12.4. The Labute approximate surface area is 123 Å². The Morgan fingerprint density at radius 2 is 1.95 bits per heavy atom. The van der Waals surface area contributed by atoms with Crippen molar-refractivity contribution in [2.24, 2.45) is 0 Å². The lowest BCUT2D eigenvalue weighted by Gasteiger charge is -2.09. The molecule has 2 nitrogen and oxygen atoms in total. The second-order valence-electron chi connectivity index (χ2n) is 3.80. The Hall–Kier alpha value is -1.39. The first-order chi connectivity index (χ1) is 9.02. The topological polar surface area (TPSA) is 26.3 Å². The number of carbonyl (C=O) groups excluding carboxylic acids is 1. The first-order valence-corrected chi connectivity index (χ1v) is 6.53. The maximum absolute atomic E-state index is 13.3. The highest BCUT2D eigenvalue weighted by molar-refractivity contribution is 9.10. The van der Waals surface area contributed by atoms with Gasteiger partial charge >= 0.3 is 0 Å². The fourth-order valence-corrected chi connectivity index (χ4v) is 2.54. The van der Waals surface area contributed by atoms with E-state index >= 15 is 0 Å². The van der Waals surface area contributed by atoms with Gasteiger partial charge in [0, 0.05) is 15.1 Å². The highest BCUT2D eigenvalue weighted by atomic mass is 79.9. The van der Waals surface area contributed by atoms with Crippen LogP contribution in [0.15, 0.2) is 40.9 Å². The third kappa shape index (κ3) is 2.96. The molecular weight excluding hydrogens is 335 g/mol. The molecule has 5 heteroatoms. The van der Waals surface area contributed by atoms with Gasteiger partial charge in [-0.1, -0.05) is 11.6 Å². The first kappa shape index (κ1) is 14.0. The van der Waals surface area contributed by atoms with Crippen molar-refractivity contribution in [3.8, 4) is 5.75 Å². The van der Waals surface area contributed by atoms with E-state index in [4.69, 9.17) is 16.3 Å². The van der Waals surface area contributed by atoms with Gasteiger partial charge in [0.1, 0.15) is 11.6 Å². The van der Waals surface area contributed by atoms with Crippen LogP contribution < -0.4 is 4.74 Å². The van der Waals surface area contributed by atoms with Crippen molar-refractivity contribution >= 4 is 33.3 Å². The van der Waals surface area contributed by atoms with Crippen molar-refractivity contribution in [3.05, 3.63) is 62.8 Å². The second-order valence-corrected chi connectivity index (χ2v) is 5.09. The molecule has 0 amide bonds. The van der Waals surface area contributed by atoms with Gasteiger partial charge in [-0.15, -0.1) is 0 Å². The maximum Gasteiger partial charge on any atom is 0.197 e. The number of ketones is 1. The highest BCUT2D eigenvalue weighted by Crippen LogP contribution is 2.28. The molecule has 0 heterocycles.